The fourth-order valence-electron chi connectivity index (χ4n) is 1.94. The van der Waals surface area contributed by atoms with Gasteiger partial charge in [-0.2, -0.15) is 5.10 Å². The molecule has 0 saturated carbocycles. The summed E-state index contributed by atoms with van der Waals surface area (Å²) in [5, 5.41) is 14.4. The maximum Gasteiger partial charge on any atom is 0.163 e. The summed E-state index contributed by atoms with van der Waals surface area (Å²) in [5.74, 6) is -0.130. The number of nitrogens with zero attached hydrogens (tertiary/aromatic N) is 2. The first-order valence-corrected chi connectivity index (χ1v) is 6.19. The summed E-state index contributed by atoms with van der Waals surface area (Å²) in [5.41, 5.74) is 0.743. The average molecular weight is 285 g/mol. The van der Waals surface area contributed by atoms with Crippen LogP contribution >= 0.6 is 11.6 Å². The molecule has 0 saturated heterocycles. The van der Waals surface area contributed by atoms with Crippen LogP contribution in [0.15, 0.2) is 24.4 Å². The molecule has 1 N–H and O–H groups in total. The molecule has 1 atom stereocenters. The quantitative estimate of drug-likeness (QED) is 0.939. The van der Waals surface area contributed by atoms with Crippen LogP contribution in [0.4, 0.5) is 4.39 Å². The molecule has 0 aliphatic rings. The third-order valence-corrected chi connectivity index (χ3v) is 3.30. The molecule has 0 fully saturated rings. The molecule has 0 bridgehead atoms. The predicted molar refractivity (Wildman–Crippen MR) is 69.9 cm³/mol. The SMILES string of the molecule is CCn1ncc(OC)c1C(O)c1cccc(F)c1Cl. The summed E-state index contributed by atoms with van der Waals surface area (Å²) < 4.78 is 20.2. The highest BCUT2D eigenvalue weighted by atomic mass is 35.5. The minimum Gasteiger partial charge on any atom is -0.493 e. The summed E-state index contributed by atoms with van der Waals surface area (Å²) in [6.45, 7) is 2.44. The van der Waals surface area contributed by atoms with Crippen molar-refractivity contribution in [2.75, 3.05) is 7.11 Å². The number of methoxy groups -OCH3 is 1. The van der Waals surface area contributed by atoms with E-state index in [0.717, 1.165) is 0 Å². The monoisotopic (exact) mass is 284 g/mol. The first-order valence-electron chi connectivity index (χ1n) is 5.81. The molecule has 2 aromatic rings. The summed E-state index contributed by atoms with van der Waals surface area (Å²) in [4.78, 5) is 0. The van der Waals surface area contributed by atoms with Gasteiger partial charge in [-0.3, -0.25) is 4.68 Å². The second-order valence-corrected chi connectivity index (χ2v) is 4.34. The van der Waals surface area contributed by atoms with Gasteiger partial charge in [0.2, 0.25) is 0 Å². The number of aliphatic hydroxyl groups excluding tert-OH is 1. The molecule has 0 amide bonds. The number of ether oxygens (including phenoxy) is 1. The Hall–Kier alpha value is -1.59. The molecule has 4 nitrogen and oxygen atoms in total. The van der Waals surface area contributed by atoms with Crippen LogP contribution in [0.25, 0.3) is 0 Å². The lowest BCUT2D eigenvalue weighted by Gasteiger charge is -2.16. The Bertz CT molecular complexity index is 565. The van der Waals surface area contributed by atoms with Gasteiger partial charge in [-0.15, -0.1) is 0 Å². The van der Waals surface area contributed by atoms with Gasteiger partial charge in [-0.05, 0) is 13.0 Å². The Balaban J connectivity index is 2.52. The van der Waals surface area contributed by atoms with Crippen molar-refractivity contribution in [3.05, 3.63) is 46.5 Å². The van der Waals surface area contributed by atoms with E-state index in [1.54, 1.807) is 10.7 Å². The minimum atomic E-state index is -1.10. The first kappa shape index (κ1) is 13.8. The molecule has 2 rings (SSSR count). The molecular formula is C13H14ClFN2O2. The Morgan fingerprint density at radius 3 is 2.89 bits per heavy atom. The first-order chi connectivity index (χ1) is 9.10. The molecule has 1 unspecified atom stereocenters. The highest BCUT2D eigenvalue weighted by molar-refractivity contribution is 6.31. The van der Waals surface area contributed by atoms with E-state index in [0.29, 0.717) is 18.0 Å². The van der Waals surface area contributed by atoms with E-state index in [1.165, 1.54) is 25.4 Å². The third kappa shape index (κ3) is 2.43. The van der Waals surface area contributed by atoms with Crippen LogP contribution in [0.3, 0.4) is 0 Å². The maximum absolute atomic E-state index is 13.4. The Morgan fingerprint density at radius 2 is 2.26 bits per heavy atom. The van der Waals surface area contributed by atoms with Crippen LogP contribution in [0.5, 0.6) is 5.75 Å². The van der Waals surface area contributed by atoms with E-state index in [-0.39, 0.29) is 10.6 Å². The van der Waals surface area contributed by atoms with Crippen molar-refractivity contribution in [3.8, 4) is 5.75 Å². The zero-order chi connectivity index (χ0) is 14.0. The zero-order valence-electron chi connectivity index (χ0n) is 10.6. The van der Waals surface area contributed by atoms with Crippen LogP contribution in [-0.2, 0) is 6.54 Å². The standard InChI is InChI=1S/C13H14ClFN2O2/c1-3-17-12(10(19-2)7-16-17)13(18)8-5-4-6-9(15)11(8)14/h4-7,13,18H,3H2,1-2H3. The van der Waals surface area contributed by atoms with Crippen LogP contribution < -0.4 is 4.74 Å². The highest BCUT2D eigenvalue weighted by Gasteiger charge is 2.24. The molecule has 1 aromatic heterocycles. The molecule has 102 valence electrons. The van der Waals surface area contributed by atoms with E-state index >= 15 is 0 Å². The summed E-state index contributed by atoms with van der Waals surface area (Å²) in [7, 11) is 1.49. The van der Waals surface area contributed by atoms with Crippen molar-refractivity contribution in [3.63, 3.8) is 0 Å². The van der Waals surface area contributed by atoms with Crippen LogP contribution in [0.2, 0.25) is 5.02 Å². The highest BCUT2D eigenvalue weighted by Crippen LogP contribution is 2.34. The van der Waals surface area contributed by atoms with Crippen LogP contribution in [-0.4, -0.2) is 22.0 Å². The molecule has 19 heavy (non-hydrogen) atoms. The topological polar surface area (TPSA) is 47.3 Å². The van der Waals surface area contributed by atoms with Crippen LogP contribution in [0.1, 0.15) is 24.3 Å². The lowest BCUT2D eigenvalue weighted by molar-refractivity contribution is 0.202. The molecule has 6 heteroatoms. The van der Waals surface area contributed by atoms with Crippen molar-refractivity contribution >= 4 is 11.6 Å². The maximum atomic E-state index is 13.4. The van der Waals surface area contributed by atoms with Gasteiger partial charge in [-0.1, -0.05) is 23.7 Å². The van der Waals surface area contributed by atoms with Gasteiger partial charge >= 0.3 is 0 Å². The van der Waals surface area contributed by atoms with Crippen molar-refractivity contribution in [2.24, 2.45) is 0 Å². The second kappa shape index (κ2) is 5.59. The van der Waals surface area contributed by atoms with E-state index in [4.69, 9.17) is 16.3 Å². The largest absolute Gasteiger partial charge is 0.493 e. The Morgan fingerprint density at radius 1 is 1.53 bits per heavy atom. The van der Waals surface area contributed by atoms with Gasteiger partial charge in [0, 0.05) is 12.1 Å². The molecule has 0 radical (unpaired) electrons. The Labute approximate surface area is 115 Å². The van der Waals surface area contributed by atoms with Gasteiger partial charge in [0.1, 0.15) is 17.6 Å². The average Bonchev–Trinajstić information content (AvgIpc) is 2.84. The number of aliphatic hydroxyl groups is 1. The van der Waals surface area contributed by atoms with Gasteiger partial charge in [0.05, 0.1) is 18.3 Å². The van der Waals surface area contributed by atoms with Gasteiger partial charge in [-0.25, -0.2) is 4.39 Å². The molecule has 1 heterocycles. The van der Waals surface area contributed by atoms with Crippen molar-refractivity contribution in [1.29, 1.82) is 0 Å². The Kier molecular flexibility index (Phi) is 4.07. The molecule has 0 spiro atoms. The van der Waals surface area contributed by atoms with Gasteiger partial charge in [0.15, 0.2) is 5.75 Å². The number of aromatic nitrogens is 2. The number of hydrogen-bond acceptors (Lipinski definition) is 3. The van der Waals surface area contributed by atoms with E-state index in [9.17, 15) is 9.50 Å². The van der Waals surface area contributed by atoms with E-state index < -0.39 is 11.9 Å². The lowest BCUT2D eigenvalue weighted by Crippen LogP contribution is -2.11. The number of aryl methyl sites for hydroxylation is 1. The fraction of sp³-hybridized carbons (Fsp3) is 0.308. The van der Waals surface area contributed by atoms with Gasteiger partial charge in [0.25, 0.3) is 0 Å². The van der Waals surface area contributed by atoms with Crippen molar-refractivity contribution in [2.45, 2.75) is 19.6 Å². The number of rotatable bonds is 4. The third-order valence-electron chi connectivity index (χ3n) is 2.90. The molecule has 0 aliphatic heterocycles. The van der Waals surface area contributed by atoms with Crippen molar-refractivity contribution in [1.82, 2.24) is 9.78 Å². The fourth-order valence-corrected chi connectivity index (χ4v) is 2.17. The number of benzene rings is 1. The molecule has 0 aliphatic carbocycles. The molecule has 1 aromatic carbocycles. The smallest absolute Gasteiger partial charge is 0.163 e. The summed E-state index contributed by atoms with van der Waals surface area (Å²) >= 11 is 5.89. The van der Waals surface area contributed by atoms with E-state index in [2.05, 4.69) is 5.10 Å². The predicted octanol–water partition coefficient (Wildman–Crippen LogP) is 2.79. The molecular weight excluding hydrogens is 271 g/mol. The lowest BCUT2D eigenvalue weighted by atomic mass is 10.1. The second-order valence-electron chi connectivity index (χ2n) is 3.96. The minimum absolute atomic E-state index is 0.0964. The summed E-state index contributed by atoms with van der Waals surface area (Å²) in [6.07, 6.45) is 0.413. The van der Waals surface area contributed by atoms with E-state index in [1.807, 2.05) is 6.92 Å². The summed E-state index contributed by atoms with van der Waals surface area (Å²) in [6, 6.07) is 4.31. The van der Waals surface area contributed by atoms with Gasteiger partial charge < -0.3 is 9.84 Å². The number of hydrogen-bond donors (Lipinski definition) is 1. The normalized spacial score (nSPS) is 12.5. The van der Waals surface area contributed by atoms with Crippen LogP contribution in [0, 0.1) is 5.82 Å². The van der Waals surface area contributed by atoms with Crippen molar-refractivity contribution < 1.29 is 14.2 Å². The zero-order valence-corrected chi connectivity index (χ0v) is 11.4. The number of halogens is 2.